The molecule has 2 aromatic carbocycles. The lowest BCUT2D eigenvalue weighted by Gasteiger charge is -2.23. The van der Waals surface area contributed by atoms with E-state index in [4.69, 9.17) is 0 Å². The molecule has 0 saturated heterocycles. The van der Waals surface area contributed by atoms with E-state index >= 15 is 0 Å². The van der Waals surface area contributed by atoms with Gasteiger partial charge in [-0.05, 0) is 17.7 Å². The number of hydrogen-bond acceptors (Lipinski definition) is 3. The fourth-order valence-corrected chi connectivity index (χ4v) is 3.24. The molecule has 0 heterocycles. The van der Waals surface area contributed by atoms with Gasteiger partial charge in [-0.15, -0.1) is 0 Å². The summed E-state index contributed by atoms with van der Waals surface area (Å²) in [5.74, 6) is -2.28. The van der Waals surface area contributed by atoms with Crippen molar-refractivity contribution in [3.8, 4) is 0 Å². The van der Waals surface area contributed by atoms with Crippen molar-refractivity contribution in [1.82, 2.24) is 5.32 Å². The van der Waals surface area contributed by atoms with Gasteiger partial charge in [0.05, 0.1) is 19.2 Å². The van der Waals surface area contributed by atoms with E-state index in [-0.39, 0.29) is 25.4 Å². The van der Waals surface area contributed by atoms with Crippen LogP contribution in [0.4, 0.5) is 14.5 Å². The zero-order valence-electron chi connectivity index (χ0n) is 13.6. The van der Waals surface area contributed by atoms with Crippen molar-refractivity contribution in [3.05, 3.63) is 65.7 Å². The van der Waals surface area contributed by atoms with Crippen molar-refractivity contribution in [2.45, 2.75) is 6.42 Å². The van der Waals surface area contributed by atoms with Gasteiger partial charge >= 0.3 is 0 Å². The summed E-state index contributed by atoms with van der Waals surface area (Å²) in [6.45, 7) is -0.357. The lowest BCUT2D eigenvalue weighted by Crippen LogP contribution is -2.39. The highest BCUT2D eigenvalue weighted by molar-refractivity contribution is 7.92. The largest absolute Gasteiger partial charge is 0.354 e. The van der Waals surface area contributed by atoms with E-state index < -0.39 is 27.3 Å². The van der Waals surface area contributed by atoms with Crippen LogP contribution in [0.5, 0.6) is 0 Å². The van der Waals surface area contributed by atoms with Crippen LogP contribution in [-0.2, 0) is 21.2 Å². The maximum Gasteiger partial charge on any atom is 0.232 e. The third-order valence-corrected chi connectivity index (χ3v) is 4.60. The summed E-state index contributed by atoms with van der Waals surface area (Å²) in [6.07, 6.45) is 0.985. The molecule has 0 spiro atoms. The average molecular weight is 368 g/mol. The van der Waals surface area contributed by atoms with Crippen LogP contribution in [0.15, 0.2) is 48.5 Å². The number of benzene rings is 2. The van der Waals surface area contributed by atoms with Crippen LogP contribution < -0.4 is 9.62 Å². The van der Waals surface area contributed by atoms with Crippen molar-refractivity contribution >= 4 is 21.6 Å². The third-order valence-electron chi connectivity index (χ3n) is 3.43. The third kappa shape index (κ3) is 5.25. The van der Waals surface area contributed by atoms with Crippen molar-refractivity contribution in [2.75, 3.05) is 23.7 Å². The maximum absolute atomic E-state index is 13.9. The van der Waals surface area contributed by atoms with E-state index in [0.29, 0.717) is 4.31 Å². The zero-order chi connectivity index (χ0) is 18.4. The number of carbonyl (C=O) groups is 1. The molecule has 2 aromatic rings. The van der Waals surface area contributed by atoms with Crippen LogP contribution in [0.25, 0.3) is 0 Å². The molecule has 0 unspecified atom stereocenters. The molecule has 0 bridgehead atoms. The second kappa shape index (κ2) is 8.06. The van der Waals surface area contributed by atoms with Crippen LogP contribution in [-0.4, -0.2) is 33.7 Å². The van der Waals surface area contributed by atoms with Crippen LogP contribution in [0.2, 0.25) is 0 Å². The number of sulfonamides is 1. The molecular weight excluding hydrogens is 350 g/mol. The summed E-state index contributed by atoms with van der Waals surface area (Å²) in [4.78, 5) is 11.9. The van der Waals surface area contributed by atoms with Crippen LogP contribution >= 0.6 is 0 Å². The molecule has 1 amide bonds. The SMILES string of the molecule is CS(=O)(=O)N(CCNC(=O)Cc1ccccc1)c1c(F)cccc1F. The fraction of sp³-hybridized carbons (Fsp3) is 0.235. The van der Waals surface area contributed by atoms with Gasteiger partial charge < -0.3 is 5.32 Å². The lowest BCUT2D eigenvalue weighted by molar-refractivity contribution is -0.120. The van der Waals surface area contributed by atoms with Gasteiger partial charge in [0.1, 0.15) is 5.69 Å². The van der Waals surface area contributed by atoms with Crippen LogP contribution in [0.3, 0.4) is 0 Å². The number of halogens is 2. The second-order valence-electron chi connectivity index (χ2n) is 5.42. The topological polar surface area (TPSA) is 66.5 Å². The standard InChI is InChI=1S/C17H18F2N2O3S/c1-25(23,24)21(17-14(18)8-5-9-15(17)19)11-10-20-16(22)12-13-6-3-2-4-7-13/h2-9H,10-12H2,1H3,(H,20,22). The molecule has 0 radical (unpaired) electrons. The normalized spacial score (nSPS) is 11.2. The molecule has 1 N–H and O–H groups in total. The van der Waals surface area contributed by atoms with Crippen molar-refractivity contribution in [1.29, 1.82) is 0 Å². The number of para-hydroxylation sites is 1. The Morgan fingerprint density at radius 2 is 1.64 bits per heavy atom. The Kier molecular flexibility index (Phi) is 6.08. The number of nitrogens with one attached hydrogen (secondary N) is 1. The first-order valence-corrected chi connectivity index (χ1v) is 9.36. The molecule has 0 aliphatic carbocycles. The zero-order valence-corrected chi connectivity index (χ0v) is 14.4. The number of rotatable bonds is 7. The minimum Gasteiger partial charge on any atom is -0.354 e. The molecule has 0 fully saturated rings. The monoisotopic (exact) mass is 368 g/mol. The van der Waals surface area contributed by atoms with Crippen molar-refractivity contribution < 1.29 is 22.0 Å². The first kappa shape index (κ1) is 18.9. The second-order valence-corrected chi connectivity index (χ2v) is 7.32. The van der Waals surface area contributed by atoms with E-state index in [2.05, 4.69) is 5.32 Å². The number of carbonyl (C=O) groups excluding carboxylic acids is 1. The van der Waals surface area contributed by atoms with Gasteiger partial charge in [-0.2, -0.15) is 0 Å². The Morgan fingerprint density at radius 1 is 1.04 bits per heavy atom. The molecule has 0 saturated carbocycles. The fourth-order valence-electron chi connectivity index (χ4n) is 2.31. The maximum atomic E-state index is 13.9. The van der Waals surface area contributed by atoms with E-state index in [0.717, 1.165) is 30.0 Å². The predicted octanol–water partition coefficient (Wildman–Crippen LogP) is 2.09. The molecule has 0 aliphatic rings. The van der Waals surface area contributed by atoms with Crippen molar-refractivity contribution in [3.63, 3.8) is 0 Å². The highest BCUT2D eigenvalue weighted by Crippen LogP contribution is 2.24. The highest BCUT2D eigenvalue weighted by Gasteiger charge is 2.24. The first-order chi connectivity index (χ1) is 11.8. The van der Waals surface area contributed by atoms with E-state index in [1.165, 1.54) is 0 Å². The molecular formula is C17H18F2N2O3S. The number of anilines is 1. The van der Waals surface area contributed by atoms with Gasteiger partial charge in [-0.3, -0.25) is 9.10 Å². The molecule has 0 aromatic heterocycles. The summed E-state index contributed by atoms with van der Waals surface area (Å²) in [7, 11) is -3.92. The van der Waals surface area contributed by atoms with E-state index in [9.17, 15) is 22.0 Å². The lowest BCUT2D eigenvalue weighted by atomic mass is 10.1. The summed E-state index contributed by atoms with van der Waals surface area (Å²) in [5.41, 5.74) is 0.155. The summed E-state index contributed by atoms with van der Waals surface area (Å²) in [6, 6.07) is 12.1. The van der Waals surface area contributed by atoms with E-state index in [1.807, 2.05) is 6.07 Å². The summed E-state index contributed by atoms with van der Waals surface area (Å²) >= 11 is 0. The first-order valence-electron chi connectivity index (χ1n) is 7.51. The Balaban J connectivity index is 2.03. The molecule has 0 atom stereocenters. The number of hydrogen-bond donors (Lipinski definition) is 1. The minimum atomic E-state index is -3.92. The Hall–Kier alpha value is -2.48. The van der Waals surface area contributed by atoms with Crippen molar-refractivity contribution in [2.24, 2.45) is 0 Å². The molecule has 2 rings (SSSR count). The molecule has 8 heteroatoms. The quantitative estimate of drug-likeness (QED) is 0.814. The van der Waals surface area contributed by atoms with Gasteiger partial charge in [-0.1, -0.05) is 36.4 Å². The van der Waals surface area contributed by atoms with Gasteiger partial charge in [0, 0.05) is 6.54 Å². The Bertz CT molecular complexity index is 822. The predicted molar refractivity (Wildman–Crippen MR) is 91.7 cm³/mol. The molecule has 134 valence electrons. The number of amides is 1. The number of nitrogens with zero attached hydrogens (tertiary/aromatic N) is 1. The van der Waals surface area contributed by atoms with Gasteiger partial charge in [0.2, 0.25) is 15.9 Å². The van der Waals surface area contributed by atoms with E-state index in [1.54, 1.807) is 24.3 Å². The Morgan fingerprint density at radius 3 is 2.20 bits per heavy atom. The minimum absolute atomic E-state index is 0.0769. The summed E-state index contributed by atoms with van der Waals surface area (Å²) < 4.78 is 52.1. The van der Waals surface area contributed by atoms with Gasteiger partial charge in [0.25, 0.3) is 0 Å². The smallest absolute Gasteiger partial charge is 0.232 e. The molecule has 5 nitrogen and oxygen atoms in total. The summed E-state index contributed by atoms with van der Waals surface area (Å²) in [5, 5.41) is 2.55. The van der Waals surface area contributed by atoms with Crippen LogP contribution in [0.1, 0.15) is 5.56 Å². The Labute approximate surface area is 145 Å². The average Bonchev–Trinajstić information content (AvgIpc) is 2.53. The van der Waals surface area contributed by atoms with Gasteiger partial charge in [0.15, 0.2) is 11.6 Å². The van der Waals surface area contributed by atoms with Gasteiger partial charge in [-0.25, -0.2) is 17.2 Å². The molecule has 0 aliphatic heterocycles. The molecule has 25 heavy (non-hydrogen) atoms. The van der Waals surface area contributed by atoms with Crippen LogP contribution in [0, 0.1) is 11.6 Å². The highest BCUT2D eigenvalue weighted by atomic mass is 32.2.